The molecule has 0 fully saturated rings. The number of ether oxygens (including phenoxy) is 1. The van der Waals surface area contributed by atoms with Crippen molar-refractivity contribution in [3.8, 4) is 0 Å². The van der Waals surface area contributed by atoms with Crippen molar-refractivity contribution in [1.29, 1.82) is 0 Å². The summed E-state index contributed by atoms with van der Waals surface area (Å²) in [4.78, 5) is 36.4. The van der Waals surface area contributed by atoms with Gasteiger partial charge in [0, 0.05) is 0 Å². The van der Waals surface area contributed by atoms with Crippen LogP contribution in [0, 0.1) is 0 Å². The highest BCUT2D eigenvalue weighted by Gasteiger charge is 2.24. The fraction of sp³-hybridized carbons (Fsp3) is 0.250. The second kappa shape index (κ2) is 5.21. The molecule has 1 amide bonds. The minimum absolute atomic E-state index is 0.0578. The summed E-state index contributed by atoms with van der Waals surface area (Å²) in [6.45, 7) is 1.67. The number of esters is 1. The van der Waals surface area contributed by atoms with Crippen molar-refractivity contribution in [1.82, 2.24) is 4.98 Å². The van der Waals surface area contributed by atoms with E-state index in [4.69, 9.17) is 5.73 Å². The van der Waals surface area contributed by atoms with Crippen molar-refractivity contribution in [3.63, 3.8) is 0 Å². The van der Waals surface area contributed by atoms with Gasteiger partial charge in [-0.1, -0.05) is 11.3 Å². The van der Waals surface area contributed by atoms with Crippen molar-refractivity contribution >= 4 is 39.6 Å². The highest BCUT2D eigenvalue weighted by Crippen LogP contribution is 2.25. The Kier molecular flexibility index (Phi) is 3.95. The molecule has 1 heterocycles. The molecular weight excluding hydrogens is 234 g/mol. The Hall–Kier alpha value is -1.96. The summed E-state index contributed by atoms with van der Waals surface area (Å²) in [5.74, 6) is -1.94. The summed E-state index contributed by atoms with van der Waals surface area (Å²) in [5, 5.41) is 2.45. The molecular formula is C8H9N3O4S. The maximum Gasteiger partial charge on any atom is 0.381 e. The Morgan fingerprint density at radius 1 is 1.62 bits per heavy atom. The van der Waals surface area contributed by atoms with Gasteiger partial charge in [-0.3, -0.25) is 9.59 Å². The number of rotatable bonds is 5. The molecule has 1 rings (SSSR count). The normalized spacial score (nSPS) is 9.56. The molecule has 3 N–H and O–H groups in total. The Morgan fingerprint density at radius 3 is 2.88 bits per heavy atom. The molecule has 0 saturated carbocycles. The predicted molar refractivity (Wildman–Crippen MR) is 57.2 cm³/mol. The fourth-order valence-electron chi connectivity index (χ4n) is 0.900. The van der Waals surface area contributed by atoms with Crippen LogP contribution in [0.25, 0.3) is 0 Å². The first-order valence-electron chi connectivity index (χ1n) is 4.28. The van der Waals surface area contributed by atoms with E-state index in [1.165, 1.54) is 0 Å². The standard InChI is InChI=1S/C8H9N3O4S/c1-2-15-7(14)5(13)4-6(9)16-8(11-4)10-3-12/h3H,2,9H2,1H3,(H,10,11,12). The van der Waals surface area contributed by atoms with E-state index in [1.807, 2.05) is 0 Å². The van der Waals surface area contributed by atoms with Crippen LogP contribution in [0.5, 0.6) is 0 Å². The Balaban J connectivity index is 2.90. The first kappa shape index (κ1) is 12.1. The Labute approximate surface area is 94.6 Å². The molecule has 0 spiro atoms. The minimum Gasteiger partial charge on any atom is -0.460 e. The number of nitrogens with two attached hydrogens (primary N) is 1. The Morgan fingerprint density at radius 2 is 2.31 bits per heavy atom. The van der Waals surface area contributed by atoms with Crippen LogP contribution in [0.1, 0.15) is 17.4 Å². The molecule has 0 aliphatic heterocycles. The number of nitrogen functional groups attached to an aromatic ring is 1. The molecule has 0 radical (unpaired) electrons. The van der Waals surface area contributed by atoms with Crippen molar-refractivity contribution in [2.24, 2.45) is 0 Å². The number of hydrogen-bond acceptors (Lipinski definition) is 7. The predicted octanol–water partition coefficient (Wildman–Crippen LogP) is 0.0394. The number of carbonyl (C=O) groups is 3. The number of Topliss-reactive ketones (excluding diaryl/α,β-unsaturated/α-hetero) is 1. The number of nitrogens with zero attached hydrogens (tertiary/aromatic N) is 1. The van der Waals surface area contributed by atoms with Crippen molar-refractivity contribution < 1.29 is 19.1 Å². The van der Waals surface area contributed by atoms with E-state index in [0.717, 1.165) is 11.3 Å². The van der Waals surface area contributed by atoms with Gasteiger partial charge in [0.25, 0.3) is 5.78 Å². The molecule has 0 unspecified atom stereocenters. The first-order chi connectivity index (χ1) is 7.60. The maximum atomic E-state index is 11.4. The highest BCUT2D eigenvalue weighted by molar-refractivity contribution is 7.19. The summed E-state index contributed by atoms with van der Waals surface area (Å²) >= 11 is 0.898. The van der Waals surface area contributed by atoms with Crippen LogP contribution in [0.2, 0.25) is 0 Å². The fourth-order valence-corrected chi connectivity index (χ4v) is 1.59. The summed E-state index contributed by atoms with van der Waals surface area (Å²) in [6.07, 6.45) is 0.400. The number of thiazole rings is 1. The number of aromatic nitrogens is 1. The van der Waals surface area contributed by atoms with E-state index in [9.17, 15) is 14.4 Å². The van der Waals surface area contributed by atoms with E-state index in [1.54, 1.807) is 6.92 Å². The summed E-state index contributed by atoms with van der Waals surface area (Å²) in [5.41, 5.74) is 5.28. The first-order valence-corrected chi connectivity index (χ1v) is 5.09. The number of ketones is 1. The van der Waals surface area contributed by atoms with Crippen LogP contribution in [0.3, 0.4) is 0 Å². The lowest BCUT2D eigenvalue weighted by molar-refractivity contribution is -0.137. The summed E-state index contributed by atoms with van der Waals surface area (Å²) < 4.78 is 4.51. The zero-order valence-electron chi connectivity index (χ0n) is 8.35. The van der Waals surface area contributed by atoms with Crippen LogP contribution >= 0.6 is 11.3 Å². The van der Waals surface area contributed by atoms with Crippen LogP contribution in [0.4, 0.5) is 10.1 Å². The molecule has 8 heteroatoms. The average molecular weight is 243 g/mol. The maximum absolute atomic E-state index is 11.4. The minimum atomic E-state index is -1.02. The van der Waals surface area contributed by atoms with Crippen LogP contribution in [-0.2, 0) is 14.3 Å². The van der Waals surface area contributed by atoms with Gasteiger partial charge in [-0.2, -0.15) is 0 Å². The molecule has 0 aliphatic carbocycles. The number of hydrogen-bond donors (Lipinski definition) is 2. The second-order valence-electron chi connectivity index (χ2n) is 2.54. The Bertz CT molecular complexity index is 429. The SMILES string of the molecule is CCOC(=O)C(=O)c1nc(NC=O)sc1N. The van der Waals surface area contributed by atoms with Gasteiger partial charge >= 0.3 is 5.97 Å². The lowest BCUT2D eigenvalue weighted by Gasteiger charge is -1.98. The van der Waals surface area contributed by atoms with Crippen molar-refractivity contribution in [2.75, 3.05) is 17.7 Å². The third-order valence-corrected chi connectivity index (χ3v) is 2.33. The molecule has 7 nitrogen and oxygen atoms in total. The monoisotopic (exact) mass is 243 g/mol. The second-order valence-corrected chi connectivity index (χ2v) is 3.57. The number of nitrogens with one attached hydrogen (secondary N) is 1. The average Bonchev–Trinajstić information content (AvgIpc) is 2.59. The van der Waals surface area contributed by atoms with E-state index in [-0.39, 0.29) is 22.4 Å². The van der Waals surface area contributed by atoms with Gasteiger partial charge in [0.1, 0.15) is 5.00 Å². The van der Waals surface area contributed by atoms with E-state index < -0.39 is 11.8 Å². The lowest BCUT2D eigenvalue weighted by Crippen LogP contribution is -2.19. The van der Waals surface area contributed by atoms with Crippen LogP contribution in [0.15, 0.2) is 0 Å². The molecule has 0 aliphatic rings. The van der Waals surface area contributed by atoms with Crippen LogP contribution < -0.4 is 11.1 Å². The van der Waals surface area contributed by atoms with E-state index in [0.29, 0.717) is 6.41 Å². The van der Waals surface area contributed by atoms with Crippen molar-refractivity contribution in [3.05, 3.63) is 5.69 Å². The highest BCUT2D eigenvalue weighted by atomic mass is 32.1. The number of anilines is 2. The van der Waals surface area contributed by atoms with Crippen molar-refractivity contribution in [2.45, 2.75) is 6.92 Å². The molecule has 0 bridgehead atoms. The number of amides is 1. The van der Waals surface area contributed by atoms with Gasteiger partial charge in [-0.15, -0.1) is 0 Å². The lowest BCUT2D eigenvalue weighted by atomic mass is 10.3. The summed E-state index contributed by atoms with van der Waals surface area (Å²) in [6, 6.07) is 0. The van der Waals surface area contributed by atoms with Gasteiger partial charge in [0.2, 0.25) is 6.41 Å². The zero-order chi connectivity index (χ0) is 12.1. The molecule has 0 atom stereocenters. The third kappa shape index (κ3) is 2.54. The van der Waals surface area contributed by atoms with Gasteiger partial charge in [0.15, 0.2) is 10.8 Å². The van der Waals surface area contributed by atoms with Gasteiger partial charge in [0.05, 0.1) is 6.61 Å². The quantitative estimate of drug-likeness (QED) is 0.327. The summed E-state index contributed by atoms with van der Waals surface area (Å²) in [7, 11) is 0. The topological polar surface area (TPSA) is 111 Å². The number of carbonyl (C=O) groups excluding carboxylic acids is 3. The molecule has 86 valence electrons. The largest absolute Gasteiger partial charge is 0.460 e. The molecule has 1 aromatic rings. The third-order valence-electron chi connectivity index (χ3n) is 1.51. The molecule has 0 saturated heterocycles. The van der Waals surface area contributed by atoms with E-state index >= 15 is 0 Å². The van der Waals surface area contributed by atoms with E-state index in [2.05, 4.69) is 15.0 Å². The van der Waals surface area contributed by atoms with Gasteiger partial charge < -0.3 is 15.8 Å². The molecule has 1 aromatic heterocycles. The zero-order valence-corrected chi connectivity index (χ0v) is 9.17. The molecule has 0 aromatic carbocycles. The smallest absolute Gasteiger partial charge is 0.381 e. The van der Waals surface area contributed by atoms with Gasteiger partial charge in [-0.05, 0) is 6.92 Å². The van der Waals surface area contributed by atoms with Crippen LogP contribution in [-0.4, -0.2) is 29.8 Å². The van der Waals surface area contributed by atoms with Gasteiger partial charge in [-0.25, -0.2) is 9.78 Å². The molecule has 16 heavy (non-hydrogen) atoms.